The van der Waals surface area contributed by atoms with Gasteiger partial charge in [-0.05, 0) is 111 Å². The summed E-state index contributed by atoms with van der Waals surface area (Å²) in [6, 6.07) is 35.2. The second kappa shape index (κ2) is 24.9. The van der Waals surface area contributed by atoms with Gasteiger partial charge < -0.3 is 24.8 Å². The third-order valence-corrected chi connectivity index (χ3v) is 16.4. The molecule has 2 aromatic heterocycles. The highest BCUT2D eigenvalue weighted by Crippen LogP contribution is 2.31. The number of anilines is 4. The lowest BCUT2D eigenvalue weighted by molar-refractivity contribution is -0.137. The summed E-state index contributed by atoms with van der Waals surface area (Å²) in [6.45, 7) is 3.68. The number of nitrogens with one attached hydrogen (secondary N) is 4. The molecule has 4 amide bonds. The fourth-order valence-electron chi connectivity index (χ4n) is 7.67. The lowest BCUT2D eigenvalue weighted by Crippen LogP contribution is -2.21. The van der Waals surface area contributed by atoms with E-state index >= 15 is 0 Å². The van der Waals surface area contributed by atoms with Crippen molar-refractivity contribution in [2.45, 2.75) is 48.0 Å². The highest BCUT2D eigenvalue weighted by atomic mass is 32.2. The average Bonchev–Trinajstić information content (AvgIpc) is 4.08. The van der Waals surface area contributed by atoms with Crippen LogP contribution in [0.3, 0.4) is 0 Å². The molecule has 2 heterocycles. The minimum Gasteiger partial charge on any atom is -0.496 e. The van der Waals surface area contributed by atoms with Crippen LogP contribution in [0, 0.1) is 13.8 Å². The van der Waals surface area contributed by atoms with Gasteiger partial charge in [0.15, 0.2) is 31.7 Å². The van der Waals surface area contributed by atoms with Crippen LogP contribution in [0.5, 0.6) is 11.5 Å². The molecule has 0 bridgehead atoms. The molecule has 17 nitrogen and oxygen atoms in total. The van der Waals surface area contributed by atoms with Gasteiger partial charge in [0.2, 0.25) is 0 Å². The summed E-state index contributed by atoms with van der Waals surface area (Å²) in [5.41, 5.74) is 4.32. The third-order valence-electron chi connectivity index (χ3n) is 11.5. The molecule has 392 valence electrons. The van der Waals surface area contributed by atoms with E-state index in [4.69, 9.17) is 14.2 Å². The van der Waals surface area contributed by atoms with Crippen LogP contribution in [0.2, 0.25) is 0 Å². The zero-order valence-electron chi connectivity index (χ0n) is 41.7. The Bertz CT molecular complexity index is 3640. The molecule has 4 N–H and O–H groups in total. The molecule has 77 heavy (non-hydrogen) atoms. The average molecular weight is 1110 g/mol. The predicted octanol–water partition coefficient (Wildman–Crippen LogP) is 11.6. The number of benzene rings is 6. The van der Waals surface area contributed by atoms with Crippen molar-refractivity contribution in [2.24, 2.45) is 0 Å². The predicted molar refractivity (Wildman–Crippen MR) is 297 cm³/mol. The minimum atomic E-state index is -3.84. The fourth-order valence-corrected chi connectivity index (χ4v) is 11.9. The maximum atomic E-state index is 13.5. The van der Waals surface area contributed by atoms with Crippen molar-refractivity contribution in [3.05, 3.63) is 200 Å². The van der Waals surface area contributed by atoms with E-state index in [0.29, 0.717) is 55.2 Å². The summed E-state index contributed by atoms with van der Waals surface area (Å²) in [5, 5.41) is 11.3. The number of ether oxygens (including phenoxy) is 3. The number of thiazole rings is 2. The molecule has 21 heteroatoms. The molecule has 0 fully saturated rings. The number of thioether (sulfide) groups is 1. The molecule has 0 aliphatic heterocycles. The number of nitrogens with zero attached hydrogens (tertiary/aromatic N) is 2. The van der Waals surface area contributed by atoms with Crippen molar-refractivity contribution in [3.63, 3.8) is 0 Å². The molecule has 8 rings (SSSR count). The Labute approximate surface area is 455 Å². The number of hydrogen-bond acceptors (Lipinski definition) is 16. The first-order valence-corrected chi connectivity index (χ1v) is 27.7. The monoisotopic (exact) mass is 1110 g/mol. The maximum Gasteiger partial charge on any atom is 0.345 e. The highest BCUT2D eigenvalue weighted by molar-refractivity contribution is 7.98. The number of urea groups is 2. The van der Waals surface area contributed by atoms with Gasteiger partial charge in [0, 0.05) is 43.9 Å². The quantitative estimate of drug-likeness (QED) is 0.0240. The Kier molecular flexibility index (Phi) is 17.7. The highest BCUT2D eigenvalue weighted by Gasteiger charge is 2.23. The molecule has 0 radical (unpaired) electrons. The van der Waals surface area contributed by atoms with Crippen molar-refractivity contribution in [3.8, 4) is 11.5 Å². The SMILES string of the molecule is COc1ccccc1C(=O)c1cc(C)ccc1NC(=O)Nc1ncc(CSc2ccc(C(=O)OC(=O)CCc3ccc(S(=O)(=O)Cc4cnc(NC(=O)Nc5ccc(C)cc5C(=O)c5ccccc5OC)s4)cc3)cc2)s1. The van der Waals surface area contributed by atoms with Gasteiger partial charge in [-0.15, -0.1) is 34.4 Å². The largest absolute Gasteiger partial charge is 0.496 e. The zero-order valence-corrected chi connectivity index (χ0v) is 45.0. The summed E-state index contributed by atoms with van der Waals surface area (Å²) in [6.07, 6.45) is 3.06. The van der Waals surface area contributed by atoms with Crippen LogP contribution in [0.4, 0.5) is 31.2 Å². The fraction of sp³-hybridized carbons (Fsp3) is 0.143. The molecule has 0 saturated carbocycles. The second-order valence-electron chi connectivity index (χ2n) is 17.1. The van der Waals surface area contributed by atoms with Crippen LogP contribution in [-0.4, -0.2) is 68.2 Å². The number of esters is 2. The number of para-hydroxylation sites is 2. The standard InChI is InChI=1S/C56H48N6O11S4/c1-33-13-24-45(43(27-33)50(64)41-9-5-7-11-47(41)71-3)59-53(67)61-55-57-29-38(75-55)31-74-37-20-18-36(19-21-37)52(66)73-49(63)26-17-35-15-22-40(23-16-35)77(69,70)32-39-30-58-56(76-39)62-54(68)60-46-25-14-34(2)28-44(46)51(65)42-10-6-8-12-48(42)72-4/h5-16,18-25,27-30H,17,26,31-32H2,1-4H3,(H2,57,59,61,67)(H2,58,60,62,68). The van der Waals surface area contributed by atoms with Crippen LogP contribution in [-0.2, 0) is 37.3 Å². The smallest absolute Gasteiger partial charge is 0.345 e. The number of methoxy groups -OCH3 is 2. The Morgan fingerprint density at radius 3 is 1.62 bits per heavy atom. The van der Waals surface area contributed by atoms with Gasteiger partial charge in [-0.1, -0.05) is 59.7 Å². The number of aryl methyl sites for hydroxylation is 3. The number of sulfone groups is 1. The minimum absolute atomic E-state index is 0.0385. The van der Waals surface area contributed by atoms with Gasteiger partial charge in [-0.25, -0.2) is 32.8 Å². The number of aromatic nitrogens is 2. The van der Waals surface area contributed by atoms with Crippen molar-refractivity contribution < 1.29 is 51.4 Å². The van der Waals surface area contributed by atoms with E-state index in [9.17, 15) is 37.2 Å². The number of amides is 4. The Hall–Kier alpha value is -8.50. The van der Waals surface area contributed by atoms with E-state index in [-0.39, 0.29) is 57.0 Å². The number of carbonyl (C=O) groups excluding carboxylic acids is 6. The molecule has 0 unspecified atom stereocenters. The number of ketones is 2. The summed E-state index contributed by atoms with van der Waals surface area (Å²) >= 11 is 3.73. The first-order valence-electron chi connectivity index (χ1n) is 23.5. The van der Waals surface area contributed by atoms with Crippen LogP contribution in [0.1, 0.15) is 75.1 Å². The lowest BCUT2D eigenvalue weighted by atomic mass is 9.99. The topological polar surface area (TPSA) is 238 Å². The Morgan fingerprint density at radius 2 is 1.09 bits per heavy atom. The molecule has 0 atom stereocenters. The van der Waals surface area contributed by atoms with E-state index in [0.717, 1.165) is 32.2 Å². The molecule has 6 aromatic carbocycles. The van der Waals surface area contributed by atoms with E-state index in [1.807, 2.05) is 13.8 Å². The van der Waals surface area contributed by atoms with Crippen LogP contribution >= 0.6 is 34.4 Å². The number of carbonyl (C=O) groups is 6. The molecule has 0 aliphatic rings. The number of hydrogen-bond donors (Lipinski definition) is 4. The van der Waals surface area contributed by atoms with E-state index < -0.39 is 33.8 Å². The lowest BCUT2D eigenvalue weighted by Gasteiger charge is -2.13. The zero-order chi connectivity index (χ0) is 54.6. The summed E-state index contributed by atoms with van der Waals surface area (Å²) < 4.78 is 42.6. The van der Waals surface area contributed by atoms with Crippen LogP contribution < -0.4 is 30.7 Å². The summed E-state index contributed by atoms with van der Waals surface area (Å²) in [4.78, 5) is 89.2. The summed E-state index contributed by atoms with van der Waals surface area (Å²) in [7, 11) is -0.886. The number of rotatable bonds is 20. The van der Waals surface area contributed by atoms with Gasteiger partial charge in [-0.3, -0.25) is 25.0 Å². The van der Waals surface area contributed by atoms with E-state index in [2.05, 4.69) is 31.2 Å². The van der Waals surface area contributed by atoms with Crippen LogP contribution in [0.25, 0.3) is 0 Å². The molecular formula is C56H48N6O11S4. The molecular weight excluding hydrogens is 1060 g/mol. The molecule has 0 aliphatic carbocycles. The van der Waals surface area contributed by atoms with Gasteiger partial charge in [0.1, 0.15) is 11.5 Å². The third kappa shape index (κ3) is 14.3. The Balaban J connectivity index is 0.761. The van der Waals surface area contributed by atoms with E-state index in [1.165, 1.54) is 55.6 Å². The van der Waals surface area contributed by atoms with Crippen molar-refractivity contribution >= 4 is 101 Å². The first kappa shape index (κ1) is 54.8. The van der Waals surface area contributed by atoms with Crippen molar-refractivity contribution in [1.29, 1.82) is 0 Å². The van der Waals surface area contributed by atoms with Gasteiger partial charge >= 0.3 is 24.0 Å². The normalized spacial score (nSPS) is 11.0. The van der Waals surface area contributed by atoms with Crippen molar-refractivity contribution in [1.82, 2.24) is 9.97 Å². The van der Waals surface area contributed by atoms with Crippen LogP contribution in [0.15, 0.2) is 156 Å². The van der Waals surface area contributed by atoms with Gasteiger partial charge in [-0.2, -0.15) is 0 Å². The summed E-state index contributed by atoms with van der Waals surface area (Å²) in [5.74, 6) is -1.29. The molecule has 0 spiro atoms. The van der Waals surface area contributed by atoms with Gasteiger partial charge in [0.25, 0.3) is 0 Å². The van der Waals surface area contributed by atoms with Crippen molar-refractivity contribution in [2.75, 3.05) is 35.5 Å². The Morgan fingerprint density at radius 1 is 0.584 bits per heavy atom. The molecule has 8 aromatic rings. The van der Waals surface area contributed by atoms with Gasteiger partial charge in [0.05, 0.1) is 59.4 Å². The second-order valence-corrected chi connectivity index (χ2v) is 22.3. The maximum absolute atomic E-state index is 13.5. The molecule has 0 saturated heterocycles. The first-order chi connectivity index (χ1) is 37.0. The van der Waals surface area contributed by atoms with E-state index in [1.54, 1.807) is 128 Å².